The van der Waals surface area contributed by atoms with Crippen molar-refractivity contribution in [2.24, 2.45) is 7.05 Å². The molecule has 2 rings (SSSR count). The van der Waals surface area contributed by atoms with Gasteiger partial charge >= 0.3 is 11.7 Å². The van der Waals surface area contributed by atoms with Crippen molar-refractivity contribution in [2.75, 3.05) is 0 Å². The van der Waals surface area contributed by atoms with Crippen LogP contribution in [0, 0.1) is 10.1 Å². The Morgan fingerprint density at radius 3 is 2.78 bits per heavy atom. The highest BCUT2D eigenvalue weighted by molar-refractivity contribution is 5.89. The number of hydrogen-bond acceptors (Lipinski definition) is 5. The Balaban J connectivity index is 2.36. The number of aromatic nitrogens is 4. The molecule has 0 unspecified atom stereocenters. The van der Waals surface area contributed by atoms with Crippen LogP contribution < -0.4 is 0 Å². The third-order valence-electron chi connectivity index (χ3n) is 2.38. The van der Waals surface area contributed by atoms with Crippen molar-refractivity contribution >= 4 is 11.7 Å². The molecule has 0 aromatic carbocycles. The number of aromatic carboxylic acids is 1. The molecular formula is C9H9N5O4. The lowest BCUT2D eigenvalue weighted by Crippen LogP contribution is -2.06. The summed E-state index contributed by atoms with van der Waals surface area (Å²) in [4.78, 5) is 24.6. The summed E-state index contributed by atoms with van der Waals surface area (Å²) < 4.78 is 2.92. The first-order valence-corrected chi connectivity index (χ1v) is 4.89. The maximum atomic E-state index is 10.8. The van der Waals surface area contributed by atoms with Crippen LogP contribution in [0.3, 0.4) is 0 Å². The number of nitrogens with zero attached hydrogens (tertiary/aromatic N) is 5. The third-order valence-corrected chi connectivity index (χ3v) is 2.38. The van der Waals surface area contributed by atoms with E-state index in [1.165, 1.54) is 4.68 Å². The zero-order valence-corrected chi connectivity index (χ0v) is 9.35. The third kappa shape index (κ3) is 2.05. The molecule has 0 saturated carbocycles. The summed E-state index contributed by atoms with van der Waals surface area (Å²) in [6.45, 7) is 0.213. The van der Waals surface area contributed by atoms with Crippen molar-refractivity contribution in [1.29, 1.82) is 0 Å². The summed E-state index contributed by atoms with van der Waals surface area (Å²) >= 11 is 0. The maximum absolute atomic E-state index is 10.8. The summed E-state index contributed by atoms with van der Waals surface area (Å²) in [6.07, 6.45) is 4.25. The standard InChI is InChI=1S/C9H9N5O4/c1-12-5-10-2-6(12)3-13-4-7(14(17)18)8(11-13)9(15)16/h2,4-5H,3H2,1H3,(H,15,16). The number of carboxylic acids is 1. The van der Waals surface area contributed by atoms with Crippen LogP contribution in [0.5, 0.6) is 0 Å². The molecule has 18 heavy (non-hydrogen) atoms. The molecule has 2 aromatic rings. The number of hydrogen-bond donors (Lipinski definition) is 1. The van der Waals surface area contributed by atoms with Crippen molar-refractivity contribution in [3.05, 3.63) is 40.2 Å². The Morgan fingerprint density at radius 2 is 2.33 bits per heavy atom. The van der Waals surface area contributed by atoms with Gasteiger partial charge in [0.2, 0.25) is 5.69 Å². The minimum absolute atomic E-state index is 0.213. The van der Waals surface area contributed by atoms with Crippen molar-refractivity contribution in [1.82, 2.24) is 19.3 Å². The molecule has 0 atom stereocenters. The van der Waals surface area contributed by atoms with E-state index < -0.39 is 22.3 Å². The molecule has 2 aromatic heterocycles. The molecule has 0 bridgehead atoms. The van der Waals surface area contributed by atoms with Crippen LogP contribution in [0.2, 0.25) is 0 Å². The topological polar surface area (TPSA) is 116 Å². The van der Waals surface area contributed by atoms with E-state index in [1.54, 1.807) is 24.1 Å². The molecule has 1 N–H and O–H groups in total. The zero-order chi connectivity index (χ0) is 13.3. The van der Waals surface area contributed by atoms with Gasteiger partial charge in [-0.1, -0.05) is 0 Å². The van der Waals surface area contributed by atoms with Gasteiger partial charge in [-0.3, -0.25) is 14.8 Å². The Hall–Kier alpha value is -2.71. The van der Waals surface area contributed by atoms with Crippen LogP contribution in [0.25, 0.3) is 0 Å². The van der Waals surface area contributed by atoms with Gasteiger partial charge in [0, 0.05) is 7.05 Å². The van der Waals surface area contributed by atoms with Gasteiger partial charge in [0.1, 0.15) is 6.20 Å². The summed E-state index contributed by atoms with van der Waals surface area (Å²) in [7, 11) is 1.76. The zero-order valence-electron chi connectivity index (χ0n) is 9.35. The van der Waals surface area contributed by atoms with Crippen molar-refractivity contribution in [3.63, 3.8) is 0 Å². The van der Waals surface area contributed by atoms with Gasteiger partial charge in [0.25, 0.3) is 0 Å². The molecular weight excluding hydrogens is 242 g/mol. The summed E-state index contributed by atoms with van der Waals surface area (Å²) in [6, 6.07) is 0. The van der Waals surface area contributed by atoms with Crippen LogP contribution in [0.15, 0.2) is 18.7 Å². The molecule has 94 valence electrons. The van der Waals surface area contributed by atoms with Crippen LogP contribution in [-0.2, 0) is 13.6 Å². The molecule has 9 heteroatoms. The van der Waals surface area contributed by atoms with E-state index in [0.29, 0.717) is 0 Å². The monoisotopic (exact) mass is 251 g/mol. The molecule has 0 radical (unpaired) electrons. The van der Waals surface area contributed by atoms with Gasteiger partial charge in [-0.2, -0.15) is 5.10 Å². The molecule has 0 fully saturated rings. The second-order valence-electron chi connectivity index (χ2n) is 3.62. The molecule has 0 aliphatic heterocycles. The summed E-state index contributed by atoms with van der Waals surface area (Å²) in [5, 5.41) is 23.2. The van der Waals surface area contributed by atoms with Gasteiger partial charge in [-0.05, 0) is 0 Å². The highest BCUT2D eigenvalue weighted by Crippen LogP contribution is 2.17. The molecule has 0 amide bonds. The van der Waals surface area contributed by atoms with Crippen LogP contribution in [-0.4, -0.2) is 35.3 Å². The Bertz CT molecular complexity index is 583. The average molecular weight is 251 g/mol. The first-order chi connectivity index (χ1) is 8.49. The number of aryl methyl sites for hydroxylation is 1. The Kier molecular flexibility index (Phi) is 2.80. The normalized spacial score (nSPS) is 10.5. The van der Waals surface area contributed by atoms with Crippen molar-refractivity contribution in [2.45, 2.75) is 6.54 Å². The molecule has 9 nitrogen and oxygen atoms in total. The second-order valence-corrected chi connectivity index (χ2v) is 3.62. The molecule has 0 aliphatic carbocycles. The number of carbonyl (C=O) groups is 1. The van der Waals surface area contributed by atoms with Crippen LogP contribution in [0.1, 0.15) is 16.2 Å². The molecule has 2 heterocycles. The second kappa shape index (κ2) is 4.28. The highest BCUT2D eigenvalue weighted by atomic mass is 16.6. The van der Waals surface area contributed by atoms with E-state index in [2.05, 4.69) is 10.1 Å². The first-order valence-electron chi connectivity index (χ1n) is 4.89. The fourth-order valence-corrected chi connectivity index (χ4v) is 1.48. The van der Waals surface area contributed by atoms with Crippen LogP contribution >= 0.6 is 0 Å². The minimum atomic E-state index is -1.43. The van der Waals surface area contributed by atoms with E-state index in [4.69, 9.17) is 5.11 Å². The maximum Gasteiger partial charge on any atom is 0.363 e. The smallest absolute Gasteiger partial charge is 0.363 e. The fourth-order valence-electron chi connectivity index (χ4n) is 1.48. The van der Waals surface area contributed by atoms with Crippen molar-refractivity contribution in [3.8, 4) is 0 Å². The fraction of sp³-hybridized carbons (Fsp3) is 0.222. The number of carboxylic acid groups (broad SMARTS) is 1. The Morgan fingerprint density at radius 1 is 1.61 bits per heavy atom. The van der Waals surface area contributed by atoms with Gasteiger partial charge < -0.3 is 9.67 Å². The number of rotatable bonds is 4. The first kappa shape index (κ1) is 11.8. The number of nitro groups is 1. The summed E-state index contributed by atoms with van der Waals surface area (Å²) in [5.74, 6) is -1.43. The SMILES string of the molecule is Cn1cncc1Cn1cc([N+](=O)[O-])c(C(=O)O)n1. The van der Waals surface area contributed by atoms with Gasteiger partial charge in [0.05, 0.1) is 29.7 Å². The average Bonchev–Trinajstić information content (AvgIpc) is 2.87. The molecule has 0 saturated heterocycles. The number of imidazole rings is 1. The van der Waals surface area contributed by atoms with E-state index in [0.717, 1.165) is 11.9 Å². The Labute approximate surface area is 100 Å². The minimum Gasteiger partial charge on any atom is -0.476 e. The van der Waals surface area contributed by atoms with Gasteiger partial charge in [-0.25, -0.2) is 9.78 Å². The largest absolute Gasteiger partial charge is 0.476 e. The lowest BCUT2D eigenvalue weighted by Gasteiger charge is -2.00. The van der Waals surface area contributed by atoms with Crippen LogP contribution in [0.4, 0.5) is 5.69 Å². The summed E-state index contributed by atoms with van der Waals surface area (Å²) in [5.41, 5.74) is -0.337. The predicted molar refractivity (Wildman–Crippen MR) is 58.2 cm³/mol. The van der Waals surface area contributed by atoms with Gasteiger partial charge in [-0.15, -0.1) is 0 Å². The quantitative estimate of drug-likeness (QED) is 0.615. The van der Waals surface area contributed by atoms with E-state index >= 15 is 0 Å². The lowest BCUT2D eigenvalue weighted by molar-refractivity contribution is -0.385. The highest BCUT2D eigenvalue weighted by Gasteiger charge is 2.25. The molecule has 0 aliphatic rings. The predicted octanol–water partition coefficient (Wildman–Crippen LogP) is 0.271. The van der Waals surface area contributed by atoms with E-state index in [9.17, 15) is 14.9 Å². The van der Waals surface area contributed by atoms with Gasteiger partial charge in [0.15, 0.2) is 0 Å². The van der Waals surface area contributed by atoms with E-state index in [1.807, 2.05) is 0 Å². The van der Waals surface area contributed by atoms with E-state index in [-0.39, 0.29) is 6.54 Å². The molecule has 0 spiro atoms. The lowest BCUT2D eigenvalue weighted by atomic mass is 10.4. The van der Waals surface area contributed by atoms with Crippen molar-refractivity contribution < 1.29 is 14.8 Å².